The molecular formula is C25H32N8O2. The van der Waals surface area contributed by atoms with Crippen molar-refractivity contribution in [3.63, 3.8) is 0 Å². The monoisotopic (exact) mass is 476 g/mol. The molecule has 184 valence electrons. The van der Waals surface area contributed by atoms with E-state index >= 15 is 0 Å². The van der Waals surface area contributed by atoms with Gasteiger partial charge in [0.2, 0.25) is 11.9 Å². The molecule has 35 heavy (non-hydrogen) atoms. The Balaban J connectivity index is 1.27. The molecule has 0 bridgehead atoms. The summed E-state index contributed by atoms with van der Waals surface area (Å²) < 4.78 is 1.92. The highest BCUT2D eigenvalue weighted by Gasteiger charge is 2.25. The highest BCUT2D eigenvalue weighted by molar-refractivity contribution is 5.87. The van der Waals surface area contributed by atoms with Crippen LogP contribution in [-0.2, 0) is 4.79 Å². The van der Waals surface area contributed by atoms with Gasteiger partial charge in [-0.3, -0.25) is 9.69 Å². The third kappa shape index (κ3) is 5.13. The lowest BCUT2D eigenvalue weighted by Gasteiger charge is -2.35. The van der Waals surface area contributed by atoms with Gasteiger partial charge in [-0.15, -0.1) is 0 Å². The number of aromatic nitrogens is 4. The number of piperazine rings is 1. The number of hydrogen-bond acceptors (Lipinski definition) is 8. The quantitative estimate of drug-likeness (QED) is 0.500. The summed E-state index contributed by atoms with van der Waals surface area (Å²) in [5.41, 5.74) is 2.86. The summed E-state index contributed by atoms with van der Waals surface area (Å²) in [7, 11) is 0. The molecule has 10 nitrogen and oxygen atoms in total. The molecule has 1 atom stereocenters. The van der Waals surface area contributed by atoms with Gasteiger partial charge in [0.05, 0.1) is 24.2 Å². The third-order valence-corrected chi connectivity index (χ3v) is 6.84. The second kappa shape index (κ2) is 10.4. The van der Waals surface area contributed by atoms with Gasteiger partial charge in [0.15, 0.2) is 5.65 Å². The molecule has 2 aliphatic rings. The van der Waals surface area contributed by atoms with Gasteiger partial charge < -0.3 is 20.2 Å². The van der Waals surface area contributed by atoms with Crippen LogP contribution in [0.15, 0.2) is 49.3 Å². The Morgan fingerprint density at radius 3 is 2.69 bits per heavy atom. The average Bonchev–Trinajstić information content (AvgIpc) is 3.33. The first-order valence-electron chi connectivity index (χ1n) is 12.2. The molecule has 1 unspecified atom stereocenters. The summed E-state index contributed by atoms with van der Waals surface area (Å²) in [5.74, 6) is 0.470. The fourth-order valence-corrected chi connectivity index (χ4v) is 4.90. The molecular weight excluding hydrogens is 444 g/mol. The van der Waals surface area contributed by atoms with Crippen molar-refractivity contribution < 1.29 is 9.90 Å². The molecule has 2 fully saturated rings. The molecule has 2 N–H and O–H groups in total. The second-order valence-electron chi connectivity index (χ2n) is 9.07. The van der Waals surface area contributed by atoms with Crippen molar-refractivity contribution in [3.05, 3.63) is 49.3 Å². The first kappa shape index (κ1) is 23.3. The summed E-state index contributed by atoms with van der Waals surface area (Å²) in [6, 6.07) is 8.38. The lowest BCUT2D eigenvalue weighted by atomic mass is 10.1. The number of hydrogen-bond donors (Lipinski definition) is 2. The highest BCUT2D eigenvalue weighted by Crippen LogP contribution is 2.26. The second-order valence-corrected chi connectivity index (χ2v) is 9.07. The van der Waals surface area contributed by atoms with Crippen molar-refractivity contribution in [1.29, 1.82) is 0 Å². The number of benzene rings is 1. The molecule has 0 saturated carbocycles. The van der Waals surface area contributed by atoms with Gasteiger partial charge in [-0.2, -0.15) is 10.1 Å². The summed E-state index contributed by atoms with van der Waals surface area (Å²) in [6.45, 7) is 9.74. The zero-order chi connectivity index (χ0) is 24.2. The van der Waals surface area contributed by atoms with E-state index in [1.165, 1.54) is 11.8 Å². The summed E-state index contributed by atoms with van der Waals surface area (Å²) in [5, 5.41) is 17.9. The maximum atomic E-state index is 12.1. The van der Waals surface area contributed by atoms with E-state index < -0.39 is 0 Å². The van der Waals surface area contributed by atoms with Crippen LogP contribution < -0.4 is 10.2 Å². The third-order valence-electron chi connectivity index (χ3n) is 6.84. The number of nitrogens with one attached hydrogen (secondary N) is 1. The molecule has 4 heterocycles. The molecule has 2 saturated heterocycles. The number of carbonyl (C=O) groups is 1. The van der Waals surface area contributed by atoms with Crippen LogP contribution in [0.1, 0.15) is 18.9 Å². The molecule has 2 aromatic heterocycles. The predicted molar refractivity (Wildman–Crippen MR) is 136 cm³/mol. The van der Waals surface area contributed by atoms with Crippen LogP contribution in [0, 0.1) is 0 Å². The number of rotatable bonds is 7. The van der Waals surface area contributed by atoms with E-state index in [2.05, 4.69) is 43.9 Å². The summed E-state index contributed by atoms with van der Waals surface area (Å²) >= 11 is 0. The van der Waals surface area contributed by atoms with Crippen LogP contribution in [0.3, 0.4) is 0 Å². The van der Waals surface area contributed by atoms with E-state index in [9.17, 15) is 4.79 Å². The van der Waals surface area contributed by atoms with E-state index in [0.717, 1.165) is 68.8 Å². The van der Waals surface area contributed by atoms with Crippen LogP contribution in [0.4, 0.5) is 17.3 Å². The number of aliphatic hydroxyl groups is 1. The summed E-state index contributed by atoms with van der Waals surface area (Å²) in [4.78, 5) is 27.8. The molecule has 0 spiro atoms. The zero-order valence-electron chi connectivity index (χ0n) is 19.9. The lowest BCUT2D eigenvalue weighted by molar-refractivity contribution is -0.127. The number of likely N-dealkylation sites (tertiary alicyclic amines) is 1. The van der Waals surface area contributed by atoms with Crippen molar-refractivity contribution in [3.8, 4) is 0 Å². The maximum absolute atomic E-state index is 12.1. The van der Waals surface area contributed by atoms with Crippen LogP contribution in [-0.4, -0.2) is 93.0 Å². The van der Waals surface area contributed by atoms with Gasteiger partial charge in [0.25, 0.3) is 0 Å². The minimum Gasteiger partial charge on any atom is -0.395 e. The van der Waals surface area contributed by atoms with Gasteiger partial charge in [-0.05, 0) is 43.2 Å². The standard InChI is InChI=1S/C25H32N8O2/c1-2-23(35)32-9-3-4-22(18-32)33-24-19(17-27-33)16-26-25(29-24)28-20-5-7-21(8-6-20)31-12-10-30(11-13-31)14-15-34/h2,5-8,16-17,22,34H,1,3-4,9-15,18H2,(H,26,28,29). The molecule has 3 aromatic rings. The molecule has 1 aromatic carbocycles. The van der Waals surface area contributed by atoms with Gasteiger partial charge in [0.1, 0.15) is 0 Å². The Kier molecular flexibility index (Phi) is 6.91. The SMILES string of the molecule is C=CC(=O)N1CCCC(n2ncc3cnc(Nc4ccc(N5CCN(CCO)CC5)cc4)nc32)C1. The molecule has 1 amide bonds. The number of aliphatic hydroxyl groups excluding tert-OH is 1. The molecule has 0 aliphatic carbocycles. The number of nitrogens with zero attached hydrogens (tertiary/aromatic N) is 7. The van der Waals surface area contributed by atoms with Crippen LogP contribution in [0.25, 0.3) is 11.0 Å². The van der Waals surface area contributed by atoms with Crippen LogP contribution >= 0.6 is 0 Å². The Labute approximate surface area is 204 Å². The number of β-amino-alcohol motifs (C(OH)–C–C–N with tert-alkyl or cyclic N) is 1. The number of carbonyl (C=O) groups excluding carboxylic acids is 1. The van der Waals surface area contributed by atoms with Crippen molar-refractivity contribution >= 4 is 34.3 Å². The number of anilines is 3. The minimum atomic E-state index is -0.0429. The molecule has 2 aliphatic heterocycles. The minimum absolute atomic E-state index is 0.0429. The van der Waals surface area contributed by atoms with Crippen molar-refractivity contribution in [2.75, 3.05) is 62.6 Å². The predicted octanol–water partition coefficient (Wildman–Crippen LogP) is 2.03. The fourth-order valence-electron chi connectivity index (χ4n) is 4.90. The lowest BCUT2D eigenvalue weighted by Crippen LogP contribution is -2.47. The number of amides is 1. The Morgan fingerprint density at radius 2 is 1.94 bits per heavy atom. The van der Waals surface area contributed by atoms with Crippen LogP contribution in [0.2, 0.25) is 0 Å². The smallest absolute Gasteiger partial charge is 0.246 e. The largest absolute Gasteiger partial charge is 0.395 e. The topological polar surface area (TPSA) is 103 Å². The van der Waals surface area contributed by atoms with Gasteiger partial charge in [0, 0.05) is 63.4 Å². The van der Waals surface area contributed by atoms with Crippen molar-refractivity contribution in [2.24, 2.45) is 0 Å². The van der Waals surface area contributed by atoms with Crippen molar-refractivity contribution in [2.45, 2.75) is 18.9 Å². The Bertz CT molecular complexity index is 1170. The average molecular weight is 477 g/mol. The zero-order valence-corrected chi connectivity index (χ0v) is 19.9. The molecule has 0 radical (unpaired) electrons. The normalized spacial score (nSPS) is 19.2. The first-order chi connectivity index (χ1) is 17.1. The highest BCUT2D eigenvalue weighted by atomic mass is 16.3. The Hall–Kier alpha value is -3.50. The molecule has 5 rings (SSSR count). The van der Waals surface area contributed by atoms with Gasteiger partial charge in [-0.25, -0.2) is 9.67 Å². The summed E-state index contributed by atoms with van der Waals surface area (Å²) in [6.07, 6.45) is 6.80. The van der Waals surface area contributed by atoms with E-state index in [0.29, 0.717) is 12.5 Å². The fraction of sp³-hybridized carbons (Fsp3) is 0.440. The van der Waals surface area contributed by atoms with E-state index in [-0.39, 0.29) is 18.6 Å². The van der Waals surface area contributed by atoms with E-state index in [4.69, 9.17) is 10.1 Å². The van der Waals surface area contributed by atoms with E-state index in [1.807, 2.05) is 21.7 Å². The first-order valence-corrected chi connectivity index (χ1v) is 12.2. The molecule has 10 heteroatoms. The van der Waals surface area contributed by atoms with Gasteiger partial charge >= 0.3 is 0 Å². The Morgan fingerprint density at radius 1 is 1.14 bits per heavy atom. The maximum Gasteiger partial charge on any atom is 0.246 e. The number of piperidine rings is 1. The number of fused-ring (bicyclic) bond motifs is 1. The van der Waals surface area contributed by atoms with Crippen molar-refractivity contribution in [1.82, 2.24) is 29.5 Å². The van der Waals surface area contributed by atoms with Crippen LogP contribution in [0.5, 0.6) is 0 Å². The van der Waals surface area contributed by atoms with E-state index in [1.54, 1.807) is 12.4 Å². The van der Waals surface area contributed by atoms with Gasteiger partial charge in [-0.1, -0.05) is 6.58 Å².